The van der Waals surface area contributed by atoms with Crippen molar-refractivity contribution in [3.8, 4) is 0 Å². The molecule has 0 aliphatic heterocycles. The molecular weight excluding hydrogens is 234 g/mol. The summed E-state index contributed by atoms with van der Waals surface area (Å²) >= 11 is 0. The van der Waals surface area contributed by atoms with E-state index in [1.165, 1.54) is 49.9 Å². The largest absolute Gasteiger partial charge is 0.370 e. The van der Waals surface area contributed by atoms with Crippen LogP contribution in [0.1, 0.15) is 44.6 Å². The van der Waals surface area contributed by atoms with E-state index >= 15 is 0 Å². The van der Waals surface area contributed by atoms with E-state index in [2.05, 4.69) is 28.2 Å². The summed E-state index contributed by atoms with van der Waals surface area (Å²) in [5, 5.41) is 3.62. The van der Waals surface area contributed by atoms with Crippen LogP contribution in [-0.2, 0) is 6.54 Å². The number of nitrogens with zero attached hydrogens (tertiary/aromatic N) is 2. The molecule has 2 aliphatic carbocycles. The number of pyridine rings is 1. The van der Waals surface area contributed by atoms with E-state index in [-0.39, 0.29) is 0 Å². The highest BCUT2D eigenvalue weighted by atomic mass is 15.1. The Morgan fingerprint density at radius 2 is 2.16 bits per heavy atom. The van der Waals surface area contributed by atoms with Gasteiger partial charge in [0.05, 0.1) is 11.9 Å². The zero-order valence-corrected chi connectivity index (χ0v) is 11.9. The van der Waals surface area contributed by atoms with Crippen molar-refractivity contribution in [2.24, 2.45) is 5.92 Å². The van der Waals surface area contributed by atoms with Crippen LogP contribution in [-0.4, -0.2) is 24.1 Å². The lowest BCUT2D eigenvalue weighted by Gasteiger charge is -2.34. The molecule has 0 unspecified atom stereocenters. The van der Waals surface area contributed by atoms with Crippen LogP contribution < -0.4 is 10.2 Å². The quantitative estimate of drug-likeness (QED) is 0.816. The Morgan fingerprint density at radius 3 is 2.79 bits per heavy atom. The number of hydrogen-bond acceptors (Lipinski definition) is 3. The van der Waals surface area contributed by atoms with Gasteiger partial charge in [-0.3, -0.25) is 4.98 Å². The maximum atomic E-state index is 4.34. The molecule has 2 fully saturated rings. The summed E-state index contributed by atoms with van der Waals surface area (Å²) in [7, 11) is 0. The maximum Gasteiger partial charge on any atom is 0.0598 e. The molecule has 3 rings (SSSR count). The molecule has 104 valence electrons. The molecule has 3 nitrogen and oxygen atoms in total. The molecule has 2 saturated carbocycles. The first-order valence-electron chi connectivity index (χ1n) is 7.78. The van der Waals surface area contributed by atoms with E-state index in [9.17, 15) is 0 Å². The summed E-state index contributed by atoms with van der Waals surface area (Å²) in [6.07, 6.45) is 10.9. The number of nitrogens with one attached hydrogen (secondary N) is 1. The fraction of sp³-hybridized carbons (Fsp3) is 0.688. The SMILES string of the molecule is CCN(CC1CCC1)c1cnccc1CNC1CC1. The second-order valence-electron chi connectivity index (χ2n) is 6.00. The van der Waals surface area contributed by atoms with Gasteiger partial charge >= 0.3 is 0 Å². The molecule has 0 spiro atoms. The minimum atomic E-state index is 0.766. The van der Waals surface area contributed by atoms with Crippen LogP contribution >= 0.6 is 0 Å². The number of anilines is 1. The van der Waals surface area contributed by atoms with Crippen LogP contribution in [0.4, 0.5) is 5.69 Å². The monoisotopic (exact) mass is 259 g/mol. The molecule has 0 atom stereocenters. The van der Waals surface area contributed by atoms with Gasteiger partial charge in [-0.05, 0) is 50.2 Å². The Labute approximate surface area is 116 Å². The average molecular weight is 259 g/mol. The molecule has 0 aromatic carbocycles. The van der Waals surface area contributed by atoms with Crippen molar-refractivity contribution in [2.45, 2.75) is 51.6 Å². The Bertz CT molecular complexity index is 410. The third-order valence-corrected chi connectivity index (χ3v) is 4.47. The molecule has 2 aliphatic rings. The van der Waals surface area contributed by atoms with Crippen molar-refractivity contribution in [3.63, 3.8) is 0 Å². The molecule has 0 bridgehead atoms. The average Bonchev–Trinajstić information content (AvgIpc) is 3.20. The Kier molecular flexibility index (Phi) is 4.02. The van der Waals surface area contributed by atoms with Crippen LogP contribution in [0.15, 0.2) is 18.5 Å². The zero-order chi connectivity index (χ0) is 13.1. The van der Waals surface area contributed by atoms with Gasteiger partial charge < -0.3 is 10.2 Å². The minimum absolute atomic E-state index is 0.766. The van der Waals surface area contributed by atoms with Crippen molar-refractivity contribution in [3.05, 3.63) is 24.0 Å². The van der Waals surface area contributed by atoms with Crippen molar-refractivity contribution in [2.75, 3.05) is 18.0 Å². The van der Waals surface area contributed by atoms with Gasteiger partial charge in [-0.2, -0.15) is 0 Å². The second kappa shape index (κ2) is 5.91. The Morgan fingerprint density at radius 1 is 1.32 bits per heavy atom. The van der Waals surface area contributed by atoms with E-state index < -0.39 is 0 Å². The summed E-state index contributed by atoms with van der Waals surface area (Å²) in [4.78, 5) is 6.85. The van der Waals surface area contributed by atoms with Gasteiger partial charge in [-0.25, -0.2) is 0 Å². The first-order chi connectivity index (χ1) is 9.36. The third kappa shape index (κ3) is 3.27. The van der Waals surface area contributed by atoms with E-state index in [0.29, 0.717) is 0 Å². The van der Waals surface area contributed by atoms with Gasteiger partial charge in [0.15, 0.2) is 0 Å². The van der Waals surface area contributed by atoms with Crippen LogP contribution in [0.3, 0.4) is 0 Å². The standard InChI is InChI=1S/C16H25N3/c1-2-19(12-13-4-3-5-13)16-11-17-9-8-14(16)10-18-15-6-7-15/h8-9,11,13,15,18H,2-7,10,12H2,1H3. The van der Waals surface area contributed by atoms with Gasteiger partial charge in [0.25, 0.3) is 0 Å². The van der Waals surface area contributed by atoms with E-state index in [1.54, 1.807) is 0 Å². The highest BCUT2D eigenvalue weighted by molar-refractivity contribution is 5.51. The normalized spacial score (nSPS) is 19.2. The van der Waals surface area contributed by atoms with Gasteiger partial charge in [-0.15, -0.1) is 0 Å². The van der Waals surface area contributed by atoms with E-state index in [1.807, 2.05) is 12.4 Å². The predicted molar refractivity (Wildman–Crippen MR) is 79.3 cm³/mol. The van der Waals surface area contributed by atoms with Crippen molar-refractivity contribution in [1.82, 2.24) is 10.3 Å². The fourth-order valence-corrected chi connectivity index (χ4v) is 2.78. The number of rotatable bonds is 7. The van der Waals surface area contributed by atoms with Gasteiger partial charge in [0, 0.05) is 31.9 Å². The number of hydrogen-bond donors (Lipinski definition) is 1. The summed E-state index contributed by atoms with van der Waals surface area (Å²) in [6.45, 7) is 5.53. The number of aromatic nitrogens is 1. The summed E-state index contributed by atoms with van der Waals surface area (Å²) in [5.41, 5.74) is 2.74. The van der Waals surface area contributed by atoms with Gasteiger partial charge in [0.1, 0.15) is 0 Å². The topological polar surface area (TPSA) is 28.2 Å². The smallest absolute Gasteiger partial charge is 0.0598 e. The molecule has 1 aromatic rings. The lowest BCUT2D eigenvalue weighted by Crippen LogP contribution is -2.33. The highest BCUT2D eigenvalue weighted by Gasteiger charge is 2.23. The molecule has 3 heteroatoms. The van der Waals surface area contributed by atoms with E-state index in [0.717, 1.165) is 25.0 Å². The summed E-state index contributed by atoms with van der Waals surface area (Å²) < 4.78 is 0. The summed E-state index contributed by atoms with van der Waals surface area (Å²) in [5.74, 6) is 0.907. The van der Waals surface area contributed by atoms with Crippen LogP contribution in [0.5, 0.6) is 0 Å². The predicted octanol–water partition coefficient (Wildman–Crippen LogP) is 2.96. The van der Waals surface area contributed by atoms with Crippen LogP contribution in [0.25, 0.3) is 0 Å². The first-order valence-corrected chi connectivity index (χ1v) is 7.78. The Balaban J connectivity index is 1.68. The third-order valence-electron chi connectivity index (χ3n) is 4.47. The second-order valence-corrected chi connectivity index (χ2v) is 6.00. The van der Waals surface area contributed by atoms with Gasteiger partial charge in [-0.1, -0.05) is 6.42 Å². The molecule has 1 heterocycles. The molecule has 0 amide bonds. The molecule has 1 N–H and O–H groups in total. The molecular formula is C16H25N3. The highest BCUT2D eigenvalue weighted by Crippen LogP contribution is 2.30. The minimum Gasteiger partial charge on any atom is -0.370 e. The summed E-state index contributed by atoms with van der Waals surface area (Å²) in [6, 6.07) is 2.94. The maximum absolute atomic E-state index is 4.34. The van der Waals surface area contributed by atoms with Gasteiger partial charge in [0.2, 0.25) is 0 Å². The zero-order valence-electron chi connectivity index (χ0n) is 11.9. The Hall–Kier alpha value is -1.09. The van der Waals surface area contributed by atoms with Crippen LogP contribution in [0.2, 0.25) is 0 Å². The van der Waals surface area contributed by atoms with Crippen LogP contribution in [0, 0.1) is 5.92 Å². The fourth-order valence-electron chi connectivity index (χ4n) is 2.78. The lowest BCUT2D eigenvalue weighted by molar-refractivity contribution is 0.318. The molecule has 0 radical (unpaired) electrons. The molecule has 1 aromatic heterocycles. The lowest BCUT2D eigenvalue weighted by atomic mass is 9.85. The van der Waals surface area contributed by atoms with Crippen molar-refractivity contribution < 1.29 is 0 Å². The van der Waals surface area contributed by atoms with Crippen molar-refractivity contribution >= 4 is 5.69 Å². The van der Waals surface area contributed by atoms with Crippen molar-refractivity contribution in [1.29, 1.82) is 0 Å². The molecule has 0 saturated heterocycles. The molecule has 19 heavy (non-hydrogen) atoms. The van der Waals surface area contributed by atoms with E-state index in [4.69, 9.17) is 0 Å². The first kappa shape index (κ1) is 12.9.